The van der Waals surface area contributed by atoms with Gasteiger partial charge in [0.2, 0.25) is 0 Å². The second-order valence-corrected chi connectivity index (χ2v) is 7.76. The number of rotatable bonds is 0. The summed E-state index contributed by atoms with van der Waals surface area (Å²) in [6.07, 6.45) is 0. The Morgan fingerprint density at radius 1 is 0.567 bits per heavy atom. The zero-order valence-corrected chi connectivity index (χ0v) is 15.5. The molecule has 0 amide bonds. The first kappa shape index (κ1) is 14.7. The van der Waals surface area contributed by atoms with Crippen molar-refractivity contribution in [2.75, 3.05) is 0 Å². The number of hydrogen-bond acceptors (Lipinski definition) is 3. The summed E-state index contributed by atoms with van der Waals surface area (Å²) in [5, 5.41) is 2.67. The van der Waals surface area contributed by atoms with Gasteiger partial charge in [0, 0.05) is 10.8 Å². The van der Waals surface area contributed by atoms with E-state index in [9.17, 15) is 4.79 Å². The molecule has 140 valence electrons. The second-order valence-electron chi connectivity index (χ2n) is 7.76. The van der Waals surface area contributed by atoms with Crippen LogP contribution >= 0.6 is 0 Å². The van der Waals surface area contributed by atoms with Gasteiger partial charge >= 0.3 is 0 Å². The maximum atomic E-state index is 13.7. The third kappa shape index (κ3) is 1.46. The Kier molecular flexibility index (Phi) is 2.28. The Hall–Kier alpha value is -4.25. The van der Waals surface area contributed by atoms with E-state index < -0.39 is 0 Å². The van der Waals surface area contributed by atoms with Gasteiger partial charge in [-0.1, -0.05) is 30.3 Å². The molecule has 5 nitrogen and oxygen atoms in total. The van der Waals surface area contributed by atoms with Gasteiger partial charge in [-0.05, 0) is 47.9 Å². The molecule has 8 rings (SSSR count). The van der Waals surface area contributed by atoms with Crippen LogP contribution in [-0.4, -0.2) is 8.97 Å². The first-order valence-corrected chi connectivity index (χ1v) is 9.84. The minimum absolute atomic E-state index is 0.0378. The number of aromatic nitrogens is 2. The quantitative estimate of drug-likeness (QED) is 0.239. The van der Waals surface area contributed by atoms with E-state index in [4.69, 9.17) is 8.83 Å². The van der Waals surface area contributed by atoms with E-state index in [-0.39, 0.29) is 5.56 Å². The summed E-state index contributed by atoms with van der Waals surface area (Å²) < 4.78 is 16.5. The standard InChI is InChI=1S/C25H12N2O3/c28-25-15-6-2-1-5-13(15)14-11-12-20-24-21(14)26(25)16-7-3-8-17-22(16)27(24)23-18(29-17)9-4-10-19(23)30-20/h1-12H. The Labute approximate surface area is 167 Å². The van der Waals surface area contributed by atoms with Crippen LogP contribution in [-0.2, 0) is 0 Å². The molecule has 0 N–H and O–H groups in total. The Balaban J connectivity index is 1.91. The van der Waals surface area contributed by atoms with Crippen LogP contribution in [0.5, 0.6) is 0 Å². The molecule has 4 aromatic carbocycles. The molecule has 2 aromatic heterocycles. The van der Waals surface area contributed by atoms with E-state index in [0.717, 1.165) is 60.9 Å². The number of hydrogen-bond donors (Lipinski definition) is 0. The second kappa shape index (κ2) is 4.66. The van der Waals surface area contributed by atoms with Crippen LogP contribution in [0.3, 0.4) is 0 Å². The van der Waals surface area contributed by atoms with Gasteiger partial charge in [0.15, 0.2) is 22.3 Å². The highest BCUT2D eigenvalue weighted by Crippen LogP contribution is 2.42. The van der Waals surface area contributed by atoms with E-state index in [1.807, 2.05) is 71.1 Å². The Morgan fingerprint density at radius 3 is 2.13 bits per heavy atom. The highest BCUT2D eigenvalue weighted by molar-refractivity contribution is 6.17. The van der Waals surface area contributed by atoms with Crippen molar-refractivity contribution in [1.29, 1.82) is 0 Å². The SMILES string of the molecule is O=c1c2ccccc2c2ccc3oc4cccc5oc6cccc7c6-n(c54)c3c2n17. The third-order valence-electron chi connectivity index (χ3n) is 6.28. The van der Waals surface area contributed by atoms with E-state index in [0.29, 0.717) is 5.39 Å². The average molecular weight is 388 g/mol. The lowest BCUT2D eigenvalue weighted by atomic mass is 10.0. The van der Waals surface area contributed by atoms with E-state index in [1.54, 1.807) is 0 Å². The topological polar surface area (TPSA) is 52.7 Å². The first-order valence-electron chi connectivity index (χ1n) is 9.84. The van der Waals surface area contributed by atoms with Crippen LogP contribution < -0.4 is 5.56 Å². The number of para-hydroxylation sites is 2. The normalized spacial score (nSPS) is 12.8. The van der Waals surface area contributed by atoms with Crippen molar-refractivity contribution in [2.45, 2.75) is 0 Å². The van der Waals surface area contributed by atoms with Crippen LogP contribution in [0, 0.1) is 0 Å². The lowest BCUT2D eigenvalue weighted by molar-refractivity contribution is 0.629. The van der Waals surface area contributed by atoms with Gasteiger partial charge in [-0.25, -0.2) is 0 Å². The summed E-state index contributed by atoms with van der Waals surface area (Å²) >= 11 is 0. The molecule has 6 aromatic rings. The number of pyridine rings is 1. The van der Waals surface area contributed by atoms with Crippen LogP contribution in [0.15, 0.2) is 86.4 Å². The van der Waals surface area contributed by atoms with E-state index in [1.165, 1.54) is 0 Å². The number of fused-ring (bicyclic) bond motifs is 3. The molecule has 0 saturated heterocycles. The highest BCUT2D eigenvalue weighted by atomic mass is 16.3. The molecule has 0 fully saturated rings. The molecular formula is C25H12N2O3. The molecule has 5 heteroatoms. The van der Waals surface area contributed by atoms with Crippen LogP contribution in [0.4, 0.5) is 0 Å². The van der Waals surface area contributed by atoms with Crippen molar-refractivity contribution in [2.24, 2.45) is 0 Å². The van der Waals surface area contributed by atoms with Crippen LogP contribution in [0.2, 0.25) is 0 Å². The molecule has 0 radical (unpaired) electrons. The summed E-state index contributed by atoms with van der Waals surface area (Å²) in [7, 11) is 0. The monoisotopic (exact) mass is 388 g/mol. The van der Waals surface area contributed by atoms with Gasteiger partial charge in [-0.15, -0.1) is 0 Å². The zero-order valence-electron chi connectivity index (χ0n) is 15.5. The molecule has 4 heterocycles. The molecule has 0 spiro atoms. The maximum absolute atomic E-state index is 13.7. The first-order chi connectivity index (χ1) is 14.8. The van der Waals surface area contributed by atoms with Crippen LogP contribution in [0.25, 0.3) is 66.2 Å². The minimum Gasteiger partial charge on any atom is -0.453 e. The molecule has 0 unspecified atom stereocenters. The van der Waals surface area contributed by atoms with Gasteiger partial charge < -0.3 is 8.83 Å². The lowest BCUT2D eigenvalue weighted by Crippen LogP contribution is -2.20. The average Bonchev–Trinajstić information content (AvgIpc) is 2.79. The van der Waals surface area contributed by atoms with Gasteiger partial charge in [-0.2, -0.15) is 0 Å². The van der Waals surface area contributed by atoms with Gasteiger partial charge in [0.1, 0.15) is 16.7 Å². The molecule has 30 heavy (non-hydrogen) atoms. The molecular weight excluding hydrogens is 376 g/mol. The largest absolute Gasteiger partial charge is 0.453 e. The molecule has 2 aliphatic heterocycles. The fraction of sp³-hybridized carbons (Fsp3) is 0. The van der Waals surface area contributed by atoms with Crippen molar-refractivity contribution in [3.63, 3.8) is 0 Å². The predicted octanol–water partition coefficient (Wildman–Crippen LogP) is 5.92. The predicted molar refractivity (Wildman–Crippen MR) is 117 cm³/mol. The van der Waals surface area contributed by atoms with Crippen molar-refractivity contribution < 1.29 is 8.83 Å². The lowest BCUT2D eigenvalue weighted by Gasteiger charge is -2.25. The van der Waals surface area contributed by atoms with Crippen molar-refractivity contribution >= 4 is 60.6 Å². The molecule has 0 bridgehead atoms. The smallest absolute Gasteiger partial charge is 0.263 e. The minimum atomic E-state index is -0.0378. The van der Waals surface area contributed by atoms with Crippen molar-refractivity contribution in [1.82, 2.24) is 8.97 Å². The molecule has 2 aliphatic rings. The molecule has 0 aliphatic carbocycles. The summed E-state index contributed by atoms with van der Waals surface area (Å²) in [4.78, 5) is 13.7. The van der Waals surface area contributed by atoms with Crippen molar-refractivity contribution in [3.05, 3.63) is 83.2 Å². The zero-order chi connectivity index (χ0) is 19.6. The third-order valence-corrected chi connectivity index (χ3v) is 6.28. The summed E-state index contributed by atoms with van der Waals surface area (Å²) in [5.41, 5.74) is 7.24. The molecule has 0 atom stereocenters. The maximum Gasteiger partial charge on any atom is 0.263 e. The summed E-state index contributed by atoms with van der Waals surface area (Å²) in [6.45, 7) is 0. The molecule has 0 saturated carbocycles. The van der Waals surface area contributed by atoms with Gasteiger partial charge in [0.25, 0.3) is 5.56 Å². The van der Waals surface area contributed by atoms with Crippen LogP contribution in [0.1, 0.15) is 0 Å². The Bertz CT molecular complexity index is 1980. The highest BCUT2D eigenvalue weighted by Gasteiger charge is 2.26. The fourth-order valence-corrected chi connectivity index (χ4v) is 5.12. The number of nitrogens with zero attached hydrogens (tertiary/aromatic N) is 2. The fourth-order valence-electron chi connectivity index (χ4n) is 5.12. The van der Waals surface area contributed by atoms with Crippen molar-refractivity contribution in [3.8, 4) is 5.69 Å². The summed E-state index contributed by atoms with van der Waals surface area (Å²) in [5.74, 6) is 0. The van der Waals surface area contributed by atoms with E-state index >= 15 is 0 Å². The van der Waals surface area contributed by atoms with E-state index in [2.05, 4.69) is 10.6 Å². The summed E-state index contributed by atoms with van der Waals surface area (Å²) in [6, 6.07) is 23.5. The van der Waals surface area contributed by atoms with Gasteiger partial charge in [-0.3, -0.25) is 13.8 Å². The van der Waals surface area contributed by atoms with Gasteiger partial charge in [0.05, 0.1) is 11.0 Å². The Morgan fingerprint density at radius 2 is 1.27 bits per heavy atom. The number of benzene rings is 4.